The molecule has 3 heterocycles. The van der Waals surface area contributed by atoms with Gasteiger partial charge in [0.25, 0.3) is 5.91 Å². The van der Waals surface area contributed by atoms with Gasteiger partial charge in [-0.15, -0.1) is 10.2 Å². The van der Waals surface area contributed by atoms with Gasteiger partial charge in [0.05, 0.1) is 6.54 Å². The number of benzene rings is 1. The first-order valence-electron chi connectivity index (χ1n) is 7.50. The van der Waals surface area contributed by atoms with E-state index in [-0.39, 0.29) is 18.1 Å². The van der Waals surface area contributed by atoms with E-state index in [1.165, 1.54) is 0 Å². The number of carbonyl (C=O) groups excluding carboxylic acids is 1. The van der Waals surface area contributed by atoms with Crippen LogP contribution in [0.25, 0.3) is 17.0 Å². The van der Waals surface area contributed by atoms with Gasteiger partial charge in [-0.05, 0) is 24.3 Å². The minimum Gasteiger partial charge on any atom is -0.355 e. The average Bonchev–Trinajstić information content (AvgIpc) is 3.27. The third-order valence-corrected chi connectivity index (χ3v) is 3.88. The van der Waals surface area contributed by atoms with Gasteiger partial charge < -0.3 is 9.84 Å². The second-order valence-electron chi connectivity index (χ2n) is 5.31. The van der Waals surface area contributed by atoms with Gasteiger partial charge in [0.1, 0.15) is 0 Å². The van der Waals surface area contributed by atoms with Crippen LogP contribution in [0.2, 0.25) is 5.02 Å². The summed E-state index contributed by atoms with van der Waals surface area (Å²) >= 11 is 5.96. The van der Waals surface area contributed by atoms with E-state index in [0.717, 1.165) is 11.2 Å². The largest absolute Gasteiger partial charge is 0.355 e. The summed E-state index contributed by atoms with van der Waals surface area (Å²) in [6, 6.07) is 14.3. The van der Waals surface area contributed by atoms with Gasteiger partial charge in [-0.2, -0.15) is 0 Å². The Labute approximate surface area is 147 Å². The molecule has 1 N–H and O–H groups in total. The number of aromatic nitrogens is 4. The Morgan fingerprint density at radius 3 is 2.96 bits per heavy atom. The number of rotatable bonds is 4. The molecule has 0 fully saturated rings. The van der Waals surface area contributed by atoms with Gasteiger partial charge in [-0.1, -0.05) is 35.0 Å². The number of hydrogen-bond donors (Lipinski definition) is 1. The molecular formula is C17H12ClN5O2. The van der Waals surface area contributed by atoms with E-state index >= 15 is 0 Å². The Bertz CT molecular complexity index is 1060. The SMILES string of the molecule is O=C(NCc1nnc2ccccn12)c1cc(-c2cccc(Cl)c2)on1. The molecule has 0 spiro atoms. The van der Waals surface area contributed by atoms with Gasteiger partial charge in [0.15, 0.2) is 22.9 Å². The summed E-state index contributed by atoms with van der Waals surface area (Å²) in [7, 11) is 0. The summed E-state index contributed by atoms with van der Waals surface area (Å²) in [5, 5.41) is 15.3. The summed E-state index contributed by atoms with van der Waals surface area (Å²) in [6.45, 7) is 0.226. The zero-order chi connectivity index (χ0) is 17.2. The van der Waals surface area contributed by atoms with E-state index in [1.54, 1.807) is 28.7 Å². The summed E-state index contributed by atoms with van der Waals surface area (Å²) in [5.41, 5.74) is 1.66. The van der Waals surface area contributed by atoms with Crippen LogP contribution in [0.4, 0.5) is 0 Å². The van der Waals surface area contributed by atoms with Crippen molar-refractivity contribution in [1.82, 2.24) is 25.1 Å². The van der Waals surface area contributed by atoms with E-state index in [2.05, 4.69) is 20.7 Å². The Morgan fingerprint density at radius 2 is 2.08 bits per heavy atom. The Hall–Kier alpha value is -3.19. The molecule has 0 aliphatic carbocycles. The van der Waals surface area contributed by atoms with Crippen LogP contribution in [-0.4, -0.2) is 25.7 Å². The molecule has 0 unspecified atom stereocenters. The van der Waals surface area contributed by atoms with Crippen LogP contribution in [0, 0.1) is 0 Å². The van der Waals surface area contributed by atoms with Crippen molar-refractivity contribution in [3.63, 3.8) is 0 Å². The normalized spacial score (nSPS) is 10.9. The number of halogens is 1. The number of fused-ring (bicyclic) bond motifs is 1. The third-order valence-electron chi connectivity index (χ3n) is 3.64. The molecule has 0 aliphatic heterocycles. The van der Waals surface area contributed by atoms with Crippen molar-refractivity contribution in [2.24, 2.45) is 0 Å². The molecule has 4 aromatic rings. The first kappa shape index (κ1) is 15.3. The Balaban J connectivity index is 1.48. The standard InChI is InChI=1S/C17H12ClN5O2/c18-12-5-3-4-11(8-12)14-9-13(22-25-14)17(24)19-10-16-21-20-15-6-1-2-7-23(15)16/h1-9H,10H2,(H,19,24). The fourth-order valence-corrected chi connectivity index (χ4v) is 2.61. The predicted octanol–water partition coefficient (Wildman–Crippen LogP) is 2.97. The number of hydrogen-bond acceptors (Lipinski definition) is 5. The molecule has 0 radical (unpaired) electrons. The molecule has 25 heavy (non-hydrogen) atoms. The maximum Gasteiger partial charge on any atom is 0.273 e. The van der Waals surface area contributed by atoms with Crippen LogP contribution < -0.4 is 5.32 Å². The van der Waals surface area contributed by atoms with E-state index in [4.69, 9.17) is 16.1 Å². The maximum atomic E-state index is 12.3. The van der Waals surface area contributed by atoms with E-state index in [0.29, 0.717) is 16.6 Å². The number of pyridine rings is 1. The van der Waals surface area contributed by atoms with E-state index in [1.807, 2.05) is 30.5 Å². The lowest BCUT2D eigenvalue weighted by Gasteiger charge is -2.01. The number of nitrogens with one attached hydrogen (secondary N) is 1. The van der Waals surface area contributed by atoms with Crippen LogP contribution in [0.3, 0.4) is 0 Å². The highest BCUT2D eigenvalue weighted by Gasteiger charge is 2.15. The van der Waals surface area contributed by atoms with Gasteiger partial charge in [0.2, 0.25) is 0 Å². The summed E-state index contributed by atoms with van der Waals surface area (Å²) in [6.07, 6.45) is 1.84. The molecule has 0 atom stereocenters. The molecule has 0 aliphatic rings. The molecule has 4 rings (SSSR count). The lowest BCUT2D eigenvalue weighted by molar-refractivity contribution is 0.0941. The Morgan fingerprint density at radius 1 is 1.16 bits per heavy atom. The van der Waals surface area contributed by atoms with Gasteiger partial charge in [-0.25, -0.2) is 0 Å². The lowest BCUT2D eigenvalue weighted by atomic mass is 10.1. The highest BCUT2D eigenvalue weighted by atomic mass is 35.5. The van der Waals surface area contributed by atoms with E-state index < -0.39 is 0 Å². The molecule has 8 heteroatoms. The second kappa shape index (κ2) is 6.37. The number of amides is 1. The predicted molar refractivity (Wildman–Crippen MR) is 91.1 cm³/mol. The molecule has 7 nitrogen and oxygen atoms in total. The van der Waals surface area contributed by atoms with Gasteiger partial charge in [0, 0.05) is 22.8 Å². The smallest absolute Gasteiger partial charge is 0.273 e. The molecule has 3 aromatic heterocycles. The average molecular weight is 354 g/mol. The molecule has 1 aromatic carbocycles. The van der Waals surface area contributed by atoms with Crippen LogP contribution in [0.15, 0.2) is 59.3 Å². The minimum atomic E-state index is -0.357. The van der Waals surface area contributed by atoms with Crippen LogP contribution in [-0.2, 0) is 6.54 Å². The van der Waals surface area contributed by atoms with E-state index in [9.17, 15) is 4.79 Å². The minimum absolute atomic E-state index is 0.184. The summed E-state index contributed by atoms with van der Waals surface area (Å²) in [4.78, 5) is 12.3. The van der Waals surface area contributed by atoms with Crippen molar-refractivity contribution in [1.29, 1.82) is 0 Å². The first-order valence-corrected chi connectivity index (χ1v) is 7.88. The topological polar surface area (TPSA) is 85.3 Å². The summed E-state index contributed by atoms with van der Waals surface area (Å²) in [5.74, 6) is 0.743. The fraction of sp³-hybridized carbons (Fsp3) is 0.0588. The third kappa shape index (κ3) is 3.09. The Kier molecular flexibility index (Phi) is 3.91. The highest BCUT2D eigenvalue weighted by Crippen LogP contribution is 2.23. The quantitative estimate of drug-likeness (QED) is 0.609. The molecular weight excluding hydrogens is 342 g/mol. The van der Waals surface area contributed by atoms with Crippen molar-refractivity contribution in [3.8, 4) is 11.3 Å². The van der Waals surface area contributed by atoms with Crippen molar-refractivity contribution in [3.05, 3.63) is 71.3 Å². The van der Waals surface area contributed by atoms with Crippen LogP contribution in [0.1, 0.15) is 16.3 Å². The van der Waals surface area contributed by atoms with Crippen LogP contribution in [0.5, 0.6) is 0 Å². The zero-order valence-electron chi connectivity index (χ0n) is 12.9. The molecule has 0 bridgehead atoms. The lowest BCUT2D eigenvalue weighted by Crippen LogP contribution is -2.24. The van der Waals surface area contributed by atoms with Crippen molar-refractivity contribution in [2.75, 3.05) is 0 Å². The molecule has 0 saturated heterocycles. The summed E-state index contributed by atoms with van der Waals surface area (Å²) < 4.78 is 7.04. The van der Waals surface area contributed by atoms with Crippen molar-refractivity contribution >= 4 is 23.2 Å². The van der Waals surface area contributed by atoms with Crippen LogP contribution >= 0.6 is 11.6 Å². The molecule has 0 saturated carbocycles. The van der Waals surface area contributed by atoms with Crippen molar-refractivity contribution in [2.45, 2.75) is 6.54 Å². The van der Waals surface area contributed by atoms with Gasteiger partial charge in [-0.3, -0.25) is 9.20 Å². The molecule has 1 amide bonds. The maximum absolute atomic E-state index is 12.3. The molecule has 124 valence electrons. The highest BCUT2D eigenvalue weighted by molar-refractivity contribution is 6.30. The van der Waals surface area contributed by atoms with Gasteiger partial charge >= 0.3 is 0 Å². The fourth-order valence-electron chi connectivity index (χ4n) is 2.42. The monoisotopic (exact) mass is 353 g/mol. The first-order chi connectivity index (χ1) is 12.2. The van der Waals surface area contributed by atoms with Crippen molar-refractivity contribution < 1.29 is 9.32 Å². The zero-order valence-corrected chi connectivity index (χ0v) is 13.6. The second-order valence-corrected chi connectivity index (χ2v) is 5.75. The number of carbonyl (C=O) groups is 1. The number of nitrogens with zero attached hydrogens (tertiary/aromatic N) is 4.